The van der Waals surface area contributed by atoms with Crippen molar-refractivity contribution in [2.45, 2.75) is 37.9 Å². The number of nitrogens with one attached hydrogen (secondary N) is 1. The Hall–Kier alpha value is -0.983. The highest BCUT2D eigenvalue weighted by molar-refractivity contribution is 6.46. The topological polar surface area (TPSA) is 56.5 Å². The molecule has 0 spiro atoms. The third kappa shape index (κ3) is 5.66. The predicted octanol–water partition coefficient (Wildman–Crippen LogP) is 2.70. The SMILES string of the molecule is C=Cc1ccccc1CNC(C)C(CCCN)[Si](OC)OC. The lowest BCUT2D eigenvalue weighted by atomic mass is 10.1. The molecule has 0 saturated heterocycles. The van der Waals surface area contributed by atoms with Gasteiger partial charge in [0.1, 0.15) is 0 Å². The van der Waals surface area contributed by atoms with Gasteiger partial charge in [0.15, 0.2) is 0 Å². The van der Waals surface area contributed by atoms with Gasteiger partial charge in [-0.15, -0.1) is 0 Å². The molecule has 0 aliphatic heterocycles. The smallest absolute Gasteiger partial charge is 0.389 e. The Morgan fingerprint density at radius 1 is 1.32 bits per heavy atom. The van der Waals surface area contributed by atoms with Crippen LogP contribution in [0.4, 0.5) is 0 Å². The van der Waals surface area contributed by atoms with Gasteiger partial charge in [0.2, 0.25) is 0 Å². The van der Waals surface area contributed by atoms with E-state index in [1.165, 1.54) is 11.1 Å². The normalized spacial score (nSPS) is 14.0. The van der Waals surface area contributed by atoms with Crippen LogP contribution in [0.2, 0.25) is 5.54 Å². The fourth-order valence-electron chi connectivity index (χ4n) is 2.60. The first-order valence-corrected chi connectivity index (χ1v) is 9.15. The van der Waals surface area contributed by atoms with E-state index in [0.717, 1.165) is 19.4 Å². The Morgan fingerprint density at radius 2 is 2.00 bits per heavy atom. The Kier molecular flexibility index (Phi) is 9.27. The zero-order valence-corrected chi connectivity index (χ0v) is 15.0. The molecule has 123 valence electrons. The molecule has 1 aromatic carbocycles. The fourth-order valence-corrected chi connectivity index (χ4v) is 4.34. The van der Waals surface area contributed by atoms with Crippen molar-refractivity contribution in [1.29, 1.82) is 0 Å². The van der Waals surface area contributed by atoms with Crippen LogP contribution in [0.5, 0.6) is 0 Å². The van der Waals surface area contributed by atoms with Crippen LogP contribution in [0.25, 0.3) is 6.08 Å². The summed E-state index contributed by atoms with van der Waals surface area (Å²) in [4.78, 5) is 0. The van der Waals surface area contributed by atoms with E-state index in [0.29, 0.717) is 18.1 Å². The summed E-state index contributed by atoms with van der Waals surface area (Å²) in [5.74, 6) is 0. The van der Waals surface area contributed by atoms with E-state index in [-0.39, 0.29) is 0 Å². The Bertz CT molecular complexity index is 438. The highest BCUT2D eigenvalue weighted by atomic mass is 28.3. The lowest BCUT2D eigenvalue weighted by Gasteiger charge is -2.28. The van der Waals surface area contributed by atoms with Crippen molar-refractivity contribution in [2.24, 2.45) is 5.73 Å². The van der Waals surface area contributed by atoms with Crippen LogP contribution >= 0.6 is 0 Å². The number of nitrogens with two attached hydrogens (primary N) is 1. The molecule has 2 atom stereocenters. The van der Waals surface area contributed by atoms with E-state index in [1.807, 2.05) is 12.1 Å². The van der Waals surface area contributed by atoms with Crippen LogP contribution in [0.1, 0.15) is 30.9 Å². The van der Waals surface area contributed by atoms with Gasteiger partial charge >= 0.3 is 9.28 Å². The Morgan fingerprint density at radius 3 is 2.59 bits per heavy atom. The van der Waals surface area contributed by atoms with Crippen molar-refractivity contribution in [1.82, 2.24) is 5.32 Å². The lowest BCUT2D eigenvalue weighted by molar-refractivity contribution is 0.250. The summed E-state index contributed by atoms with van der Waals surface area (Å²) in [6.07, 6.45) is 3.90. The number of benzene rings is 1. The molecule has 22 heavy (non-hydrogen) atoms. The molecule has 0 aliphatic rings. The second-order valence-corrected chi connectivity index (χ2v) is 7.53. The van der Waals surface area contributed by atoms with Gasteiger partial charge in [0.25, 0.3) is 0 Å². The van der Waals surface area contributed by atoms with E-state index in [1.54, 1.807) is 14.2 Å². The summed E-state index contributed by atoms with van der Waals surface area (Å²) in [6, 6.07) is 8.60. The summed E-state index contributed by atoms with van der Waals surface area (Å²) in [5.41, 5.74) is 8.45. The maximum atomic E-state index is 5.66. The molecule has 0 saturated carbocycles. The largest absolute Gasteiger partial charge is 0.397 e. The van der Waals surface area contributed by atoms with Gasteiger partial charge in [-0.1, -0.05) is 36.9 Å². The molecule has 1 rings (SSSR count). The van der Waals surface area contributed by atoms with Crippen LogP contribution in [-0.4, -0.2) is 36.1 Å². The highest BCUT2D eigenvalue weighted by Crippen LogP contribution is 2.23. The van der Waals surface area contributed by atoms with Crippen molar-refractivity contribution in [3.63, 3.8) is 0 Å². The van der Waals surface area contributed by atoms with Crippen molar-refractivity contribution in [2.75, 3.05) is 20.8 Å². The summed E-state index contributed by atoms with van der Waals surface area (Å²) < 4.78 is 11.1. The quantitative estimate of drug-likeness (QED) is 0.615. The standard InChI is InChI=1S/C17H29N2O2Si/c1-5-15-9-6-7-10-16(15)13-19-14(2)17(11-8-12-18)22(20-3)21-4/h5-7,9-10,14,17,19H,1,8,11-13,18H2,2-4H3. The molecule has 4 nitrogen and oxygen atoms in total. The summed E-state index contributed by atoms with van der Waals surface area (Å²) in [7, 11) is 2.17. The van der Waals surface area contributed by atoms with Gasteiger partial charge in [-0.25, -0.2) is 0 Å². The van der Waals surface area contributed by atoms with Gasteiger partial charge in [0, 0.05) is 32.3 Å². The van der Waals surface area contributed by atoms with E-state index in [9.17, 15) is 0 Å². The molecule has 0 fully saturated rings. The molecule has 1 radical (unpaired) electrons. The molecule has 0 aliphatic carbocycles. The van der Waals surface area contributed by atoms with Crippen molar-refractivity contribution in [3.8, 4) is 0 Å². The van der Waals surface area contributed by atoms with Crippen LogP contribution < -0.4 is 11.1 Å². The highest BCUT2D eigenvalue weighted by Gasteiger charge is 2.30. The number of rotatable bonds is 11. The second kappa shape index (κ2) is 10.7. The molecular formula is C17H29N2O2Si. The molecule has 5 heteroatoms. The third-order valence-corrected chi connectivity index (χ3v) is 6.12. The van der Waals surface area contributed by atoms with Crippen molar-refractivity contribution >= 4 is 15.4 Å². The Labute approximate surface area is 136 Å². The van der Waals surface area contributed by atoms with Gasteiger partial charge in [-0.05, 0) is 37.4 Å². The summed E-state index contributed by atoms with van der Waals surface area (Å²) in [6.45, 7) is 7.58. The van der Waals surface area contributed by atoms with Crippen molar-refractivity contribution < 1.29 is 8.85 Å². The number of hydrogen-bond donors (Lipinski definition) is 2. The molecule has 3 N–H and O–H groups in total. The molecule has 2 unspecified atom stereocenters. The van der Waals surface area contributed by atoms with Gasteiger partial charge in [-0.3, -0.25) is 0 Å². The monoisotopic (exact) mass is 321 g/mol. The first kappa shape index (κ1) is 19.1. The Balaban J connectivity index is 2.69. The van der Waals surface area contributed by atoms with E-state index in [4.69, 9.17) is 14.6 Å². The third-order valence-electron chi connectivity index (χ3n) is 3.92. The first-order chi connectivity index (χ1) is 10.7. The maximum Gasteiger partial charge on any atom is 0.389 e. The minimum Gasteiger partial charge on any atom is -0.397 e. The van der Waals surface area contributed by atoms with E-state index >= 15 is 0 Å². The van der Waals surface area contributed by atoms with Crippen LogP contribution in [0.15, 0.2) is 30.8 Å². The van der Waals surface area contributed by atoms with Gasteiger partial charge in [-0.2, -0.15) is 0 Å². The molecule has 0 heterocycles. The molecule has 0 bridgehead atoms. The molecular weight excluding hydrogens is 292 g/mol. The zero-order valence-electron chi connectivity index (χ0n) is 14.0. The minimum atomic E-state index is -1.29. The van der Waals surface area contributed by atoms with E-state index < -0.39 is 9.28 Å². The van der Waals surface area contributed by atoms with Gasteiger partial charge < -0.3 is 19.9 Å². The summed E-state index contributed by atoms with van der Waals surface area (Å²) >= 11 is 0. The van der Waals surface area contributed by atoms with E-state index in [2.05, 4.69) is 37.0 Å². The average Bonchev–Trinajstić information content (AvgIpc) is 2.56. The van der Waals surface area contributed by atoms with Crippen LogP contribution in [0.3, 0.4) is 0 Å². The van der Waals surface area contributed by atoms with Crippen LogP contribution in [-0.2, 0) is 15.4 Å². The molecule has 1 aromatic rings. The molecule has 0 amide bonds. The summed E-state index contributed by atoms with van der Waals surface area (Å²) in [5, 5.41) is 3.61. The fraction of sp³-hybridized carbons (Fsp3) is 0.529. The average molecular weight is 322 g/mol. The van der Waals surface area contributed by atoms with Crippen molar-refractivity contribution in [3.05, 3.63) is 42.0 Å². The van der Waals surface area contributed by atoms with Gasteiger partial charge in [0.05, 0.1) is 0 Å². The maximum absolute atomic E-state index is 5.66. The lowest BCUT2D eigenvalue weighted by Crippen LogP contribution is -2.40. The zero-order chi connectivity index (χ0) is 16.4. The first-order valence-electron chi connectivity index (χ1n) is 7.76. The predicted molar refractivity (Wildman–Crippen MR) is 94.6 cm³/mol. The molecule has 0 aromatic heterocycles. The minimum absolute atomic E-state index is 0.304. The van der Waals surface area contributed by atoms with Crippen LogP contribution in [0, 0.1) is 0 Å². The second-order valence-electron chi connectivity index (χ2n) is 5.34. The number of hydrogen-bond acceptors (Lipinski definition) is 4.